The van der Waals surface area contributed by atoms with Crippen molar-refractivity contribution >= 4 is 39.0 Å². The number of carbonyl (C=O) groups is 1. The van der Waals surface area contributed by atoms with Gasteiger partial charge in [-0.2, -0.15) is 5.10 Å². The van der Waals surface area contributed by atoms with Crippen molar-refractivity contribution in [3.63, 3.8) is 0 Å². The molecular formula is C16H18N6O2S. The molecule has 0 unspecified atom stereocenters. The molecule has 0 aromatic carbocycles. The van der Waals surface area contributed by atoms with Crippen LogP contribution in [0.25, 0.3) is 10.2 Å². The summed E-state index contributed by atoms with van der Waals surface area (Å²) in [5, 5.41) is 6.20. The van der Waals surface area contributed by atoms with Crippen LogP contribution in [0.4, 0.5) is 11.5 Å². The molecule has 8 nitrogen and oxygen atoms in total. The Labute approximate surface area is 148 Å². The van der Waals surface area contributed by atoms with Crippen LogP contribution in [0, 0.1) is 0 Å². The minimum Gasteiger partial charge on any atom is -0.463 e. The average Bonchev–Trinajstić information content (AvgIpc) is 3.29. The summed E-state index contributed by atoms with van der Waals surface area (Å²) in [6, 6.07) is 1.91. The van der Waals surface area contributed by atoms with E-state index in [1.807, 2.05) is 35.6 Å². The Hall–Kier alpha value is -2.68. The highest BCUT2D eigenvalue weighted by molar-refractivity contribution is 7.17. The zero-order valence-electron chi connectivity index (χ0n) is 14.0. The number of esters is 1. The first kappa shape index (κ1) is 15.8. The Balaban J connectivity index is 1.60. The van der Waals surface area contributed by atoms with Crippen LogP contribution in [0.15, 0.2) is 23.8 Å². The molecule has 130 valence electrons. The second-order valence-corrected chi connectivity index (χ2v) is 6.76. The lowest BCUT2D eigenvalue weighted by Crippen LogP contribution is -2.47. The predicted octanol–water partition coefficient (Wildman–Crippen LogP) is 1.54. The number of thiophene rings is 1. The van der Waals surface area contributed by atoms with Gasteiger partial charge in [0, 0.05) is 39.4 Å². The molecule has 3 aromatic rings. The molecule has 9 heteroatoms. The van der Waals surface area contributed by atoms with Crippen molar-refractivity contribution in [2.75, 3.05) is 43.1 Å². The quantitative estimate of drug-likeness (QED) is 0.657. The molecular weight excluding hydrogens is 340 g/mol. The summed E-state index contributed by atoms with van der Waals surface area (Å²) in [7, 11) is 3.26. The van der Waals surface area contributed by atoms with E-state index in [0.29, 0.717) is 0 Å². The molecule has 0 atom stereocenters. The van der Waals surface area contributed by atoms with E-state index >= 15 is 0 Å². The summed E-state index contributed by atoms with van der Waals surface area (Å²) >= 11 is 1.59. The molecule has 1 fully saturated rings. The van der Waals surface area contributed by atoms with E-state index in [0.717, 1.165) is 47.9 Å². The fraction of sp³-hybridized carbons (Fsp3) is 0.375. The maximum Gasteiger partial charge on any atom is 0.376 e. The Kier molecular flexibility index (Phi) is 4.00. The van der Waals surface area contributed by atoms with Gasteiger partial charge in [-0.15, -0.1) is 11.3 Å². The van der Waals surface area contributed by atoms with Crippen molar-refractivity contribution in [1.82, 2.24) is 19.7 Å². The molecule has 0 saturated carbocycles. The van der Waals surface area contributed by atoms with E-state index in [-0.39, 0.29) is 5.82 Å². The number of aryl methyl sites for hydroxylation is 1. The van der Waals surface area contributed by atoms with E-state index in [1.54, 1.807) is 11.3 Å². The summed E-state index contributed by atoms with van der Waals surface area (Å²) in [6.45, 7) is 3.38. The van der Waals surface area contributed by atoms with Crippen molar-refractivity contribution in [3.8, 4) is 0 Å². The SMILES string of the molecule is COC(=O)c1nc(N2CCN(c3cnn(C)c3)CC2)c2sccc2n1. The second-order valence-electron chi connectivity index (χ2n) is 5.84. The van der Waals surface area contributed by atoms with Crippen LogP contribution in [0.2, 0.25) is 0 Å². The van der Waals surface area contributed by atoms with Crippen LogP contribution in [0.3, 0.4) is 0 Å². The molecule has 1 aliphatic rings. The summed E-state index contributed by atoms with van der Waals surface area (Å²) in [5.74, 6) is 0.410. The minimum absolute atomic E-state index is 0.109. The van der Waals surface area contributed by atoms with Gasteiger partial charge in [0.05, 0.1) is 29.2 Å². The fourth-order valence-corrected chi connectivity index (χ4v) is 3.84. The van der Waals surface area contributed by atoms with E-state index in [4.69, 9.17) is 4.74 Å². The summed E-state index contributed by atoms with van der Waals surface area (Å²) in [5.41, 5.74) is 1.91. The molecule has 1 saturated heterocycles. The molecule has 0 amide bonds. The zero-order valence-corrected chi connectivity index (χ0v) is 14.9. The summed E-state index contributed by atoms with van der Waals surface area (Å²) < 4.78 is 7.60. The third-order valence-corrected chi connectivity index (χ3v) is 5.19. The van der Waals surface area contributed by atoms with Crippen molar-refractivity contribution in [3.05, 3.63) is 29.7 Å². The lowest BCUT2D eigenvalue weighted by Gasteiger charge is -2.36. The number of piperazine rings is 1. The van der Waals surface area contributed by atoms with E-state index < -0.39 is 5.97 Å². The van der Waals surface area contributed by atoms with Crippen LogP contribution in [0.1, 0.15) is 10.6 Å². The average molecular weight is 358 g/mol. The highest BCUT2D eigenvalue weighted by atomic mass is 32.1. The van der Waals surface area contributed by atoms with Crippen LogP contribution in [-0.4, -0.2) is 59.0 Å². The van der Waals surface area contributed by atoms with Gasteiger partial charge >= 0.3 is 5.97 Å². The maximum atomic E-state index is 11.9. The van der Waals surface area contributed by atoms with Gasteiger partial charge < -0.3 is 14.5 Å². The molecule has 3 aromatic heterocycles. The van der Waals surface area contributed by atoms with E-state index in [2.05, 4.69) is 24.9 Å². The molecule has 0 radical (unpaired) electrons. The van der Waals surface area contributed by atoms with Gasteiger partial charge in [0.25, 0.3) is 0 Å². The first-order valence-electron chi connectivity index (χ1n) is 7.98. The lowest BCUT2D eigenvalue weighted by atomic mass is 10.3. The number of methoxy groups -OCH3 is 1. The standard InChI is InChI=1S/C16H18N6O2S/c1-20-10-11(9-17-20)21-4-6-22(7-5-21)15-13-12(3-8-25-13)18-14(19-15)16(23)24-2/h3,8-10H,4-7H2,1-2H3. The molecule has 4 heterocycles. The Morgan fingerprint density at radius 3 is 2.64 bits per heavy atom. The summed E-state index contributed by atoms with van der Waals surface area (Å²) in [4.78, 5) is 25.2. The largest absolute Gasteiger partial charge is 0.463 e. The molecule has 25 heavy (non-hydrogen) atoms. The molecule has 0 bridgehead atoms. The molecule has 0 spiro atoms. The number of hydrogen-bond acceptors (Lipinski definition) is 8. The summed E-state index contributed by atoms with van der Waals surface area (Å²) in [6.07, 6.45) is 3.90. The first-order chi connectivity index (χ1) is 12.2. The van der Waals surface area contributed by atoms with Crippen LogP contribution in [0.5, 0.6) is 0 Å². The number of ether oxygens (including phenoxy) is 1. The van der Waals surface area contributed by atoms with Crippen molar-refractivity contribution in [2.45, 2.75) is 0 Å². The minimum atomic E-state index is -0.511. The Morgan fingerprint density at radius 1 is 1.20 bits per heavy atom. The van der Waals surface area contributed by atoms with Crippen molar-refractivity contribution < 1.29 is 9.53 Å². The third kappa shape index (κ3) is 2.91. The van der Waals surface area contributed by atoms with E-state index in [9.17, 15) is 4.79 Å². The number of nitrogens with zero attached hydrogens (tertiary/aromatic N) is 6. The monoisotopic (exact) mass is 358 g/mol. The molecule has 1 aliphatic heterocycles. The second kappa shape index (κ2) is 6.32. The van der Waals surface area contributed by atoms with Crippen molar-refractivity contribution in [1.29, 1.82) is 0 Å². The van der Waals surface area contributed by atoms with Crippen LogP contribution in [-0.2, 0) is 11.8 Å². The van der Waals surface area contributed by atoms with Gasteiger partial charge in [-0.1, -0.05) is 0 Å². The van der Waals surface area contributed by atoms with E-state index in [1.165, 1.54) is 7.11 Å². The van der Waals surface area contributed by atoms with Gasteiger partial charge in [0.15, 0.2) is 5.82 Å². The number of fused-ring (bicyclic) bond motifs is 1. The van der Waals surface area contributed by atoms with Gasteiger partial charge in [-0.25, -0.2) is 14.8 Å². The Bertz CT molecular complexity index is 912. The van der Waals surface area contributed by atoms with Gasteiger partial charge in [-0.3, -0.25) is 4.68 Å². The number of carbonyl (C=O) groups excluding carboxylic acids is 1. The number of anilines is 2. The molecule has 0 aliphatic carbocycles. The number of aromatic nitrogens is 4. The molecule has 0 N–H and O–H groups in total. The van der Waals surface area contributed by atoms with Gasteiger partial charge in [0.1, 0.15) is 0 Å². The fourth-order valence-electron chi connectivity index (χ4n) is 2.99. The maximum absolute atomic E-state index is 11.9. The Morgan fingerprint density at radius 2 is 1.96 bits per heavy atom. The predicted molar refractivity (Wildman–Crippen MR) is 96.4 cm³/mol. The number of hydrogen-bond donors (Lipinski definition) is 0. The van der Waals surface area contributed by atoms with Gasteiger partial charge in [-0.05, 0) is 11.4 Å². The van der Waals surface area contributed by atoms with Crippen LogP contribution >= 0.6 is 11.3 Å². The highest BCUT2D eigenvalue weighted by Gasteiger charge is 2.23. The smallest absolute Gasteiger partial charge is 0.376 e. The van der Waals surface area contributed by atoms with Crippen LogP contribution < -0.4 is 9.80 Å². The lowest BCUT2D eigenvalue weighted by molar-refractivity contribution is 0.0587. The third-order valence-electron chi connectivity index (χ3n) is 4.29. The zero-order chi connectivity index (χ0) is 17.4. The van der Waals surface area contributed by atoms with Gasteiger partial charge in [0.2, 0.25) is 5.82 Å². The van der Waals surface area contributed by atoms with Crippen molar-refractivity contribution in [2.24, 2.45) is 7.05 Å². The number of rotatable bonds is 3. The highest BCUT2D eigenvalue weighted by Crippen LogP contribution is 2.30. The first-order valence-corrected chi connectivity index (χ1v) is 8.86. The normalized spacial score (nSPS) is 15.0. The molecule has 4 rings (SSSR count). The topological polar surface area (TPSA) is 76.4 Å².